The van der Waals surface area contributed by atoms with E-state index < -0.39 is 0 Å². The first-order valence-corrected chi connectivity index (χ1v) is 6.97. The van der Waals surface area contributed by atoms with E-state index in [0.29, 0.717) is 0 Å². The average Bonchev–Trinajstić information content (AvgIpc) is 3.06. The van der Waals surface area contributed by atoms with Crippen molar-refractivity contribution in [2.75, 3.05) is 6.54 Å². The number of rotatable bonds is 5. The molecule has 19 heavy (non-hydrogen) atoms. The van der Waals surface area contributed by atoms with E-state index in [1.54, 1.807) is 6.07 Å². The second-order valence-electron chi connectivity index (χ2n) is 6.16. The Labute approximate surface area is 113 Å². The van der Waals surface area contributed by atoms with Crippen molar-refractivity contribution in [1.82, 2.24) is 5.32 Å². The Hall–Kier alpha value is -1.35. The topological polar surface area (TPSA) is 25.2 Å². The van der Waals surface area contributed by atoms with E-state index in [0.717, 1.165) is 35.7 Å². The number of fused-ring (bicyclic) bond motifs is 1. The largest absolute Gasteiger partial charge is 0.461 e. The van der Waals surface area contributed by atoms with Gasteiger partial charge in [0, 0.05) is 16.8 Å². The third kappa shape index (κ3) is 2.81. The Morgan fingerprint density at radius 3 is 2.84 bits per heavy atom. The predicted molar refractivity (Wildman–Crippen MR) is 74.8 cm³/mol. The molecule has 0 saturated heterocycles. The van der Waals surface area contributed by atoms with Crippen LogP contribution in [-0.4, -0.2) is 12.6 Å². The van der Waals surface area contributed by atoms with E-state index in [1.165, 1.54) is 25.0 Å². The summed E-state index contributed by atoms with van der Waals surface area (Å²) in [5.74, 6) is 0.721. The van der Waals surface area contributed by atoms with Gasteiger partial charge in [0.1, 0.15) is 17.2 Å². The molecule has 1 aliphatic rings. The molecule has 3 rings (SSSR count). The van der Waals surface area contributed by atoms with Crippen molar-refractivity contribution >= 4 is 11.0 Å². The van der Waals surface area contributed by atoms with Crippen LogP contribution in [0.3, 0.4) is 0 Å². The van der Waals surface area contributed by atoms with Crippen LogP contribution in [0.4, 0.5) is 4.39 Å². The summed E-state index contributed by atoms with van der Waals surface area (Å²) in [5.41, 5.74) is 0.733. The summed E-state index contributed by atoms with van der Waals surface area (Å²) in [5, 5.41) is 4.37. The molecule has 2 aromatic rings. The highest BCUT2D eigenvalue weighted by Crippen LogP contribution is 2.32. The minimum atomic E-state index is -0.215. The van der Waals surface area contributed by atoms with Gasteiger partial charge in [-0.1, -0.05) is 13.8 Å². The van der Waals surface area contributed by atoms with Crippen LogP contribution in [0.15, 0.2) is 28.7 Å². The molecule has 1 N–H and O–H groups in total. The Morgan fingerprint density at radius 1 is 1.32 bits per heavy atom. The number of furan rings is 1. The quantitative estimate of drug-likeness (QED) is 0.880. The van der Waals surface area contributed by atoms with Gasteiger partial charge in [-0.25, -0.2) is 4.39 Å². The van der Waals surface area contributed by atoms with E-state index in [4.69, 9.17) is 4.42 Å². The molecule has 0 spiro atoms. The SMILES string of the molecule is CC(C)(CCNC1CC1)c1cc2cc(F)ccc2o1. The Balaban J connectivity index is 1.76. The molecule has 102 valence electrons. The van der Waals surface area contributed by atoms with Crippen molar-refractivity contribution in [1.29, 1.82) is 0 Å². The van der Waals surface area contributed by atoms with Crippen molar-refractivity contribution in [2.24, 2.45) is 0 Å². The molecule has 3 heteroatoms. The van der Waals surface area contributed by atoms with E-state index in [-0.39, 0.29) is 11.2 Å². The van der Waals surface area contributed by atoms with E-state index in [1.807, 2.05) is 6.07 Å². The van der Waals surface area contributed by atoms with Gasteiger partial charge >= 0.3 is 0 Å². The molecule has 1 aromatic heterocycles. The fourth-order valence-electron chi connectivity index (χ4n) is 2.35. The molecule has 0 bridgehead atoms. The monoisotopic (exact) mass is 261 g/mol. The molecule has 1 heterocycles. The van der Waals surface area contributed by atoms with Gasteiger partial charge in [-0.05, 0) is 50.1 Å². The van der Waals surface area contributed by atoms with Crippen LogP contribution in [0, 0.1) is 5.82 Å². The lowest BCUT2D eigenvalue weighted by Crippen LogP contribution is -2.26. The van der Waals surface area contributed by atoms with E-state index in [2.05, 4.69) is 19.2 Å². The highest BCUT2D eigenvalue weighted by Gasteiger charge is 2.26. The van der Waals surface area contributed by atoms with Crippen LogP contribution >= 0.6 is 0 Å². The first kappa shape index (κ1) is 12.7. The van der Waals surface area contributed by atoms with Crippen molar-refractivity contribution < 1.29 is 8.81 Å². The maximum atomic E-state index is 13.2. The molecule has 0 radical (unpaired) electrons. The fourth-order valence-corrected chi connectivity index (χ4v) is 2.35. The van der Waals surface area contributed by atoms with E-state index in [9.17, 15) is 4.39 Å². The molecule has 0 atom stereocenters. The van der Waals surface area contributed by atoms with Gasteiger partial charge in [0.15, 0.2) is 0 Å². The molecule has 0 unspecified atom stereocenters. The van der Waals surface area contributed by atoms with Gasteiger partial charge in [-0.3, -0.25) is 0 Å². The Bertz CT molecular complexity index is 583. The summed E-state index contributed by atoms with van der Waals surface area (Å²) in [6.45, 7) is 5.36. The summed E-state index contributed by atoms with van der Waals surface area (Å²) < 4.78 is 19.1. The number of nitrogens with one attached hydrogen (secondary N) is 1. The van der Waals surface area contributed by atoms with Crippen molar-refractivity contribution in [2.45, 2.75) is 44.6 Å². The molecule has 1 aromatic carbocycles. The zero-order valence-electron chi connectivity index (χ0n) is 11.5. The standard InChI is InChI=1S/C16H20FNO/c1-16(2,7-8-18-13-4-5-13)15-10-11-9-12(17)3-6-14(11)19-15/h3,6,9-10,13,18H,4-5,7-8H2,1-2H3. The molecular weight excluding hydrogens is 241 g/mol. The molecule has 1 fully saturated rings. The lowest BCUT2D eigenvalue weighted by atomic mass is 9.86. The number of benzene rings is 1. The van der Waals surface area contributed by atoms with E-state index >= 15 is 0 Å². The van der Waals surface area contributed by atoms with Crippen molar-refractivity contribution in [3.8, 4) is 0 Å². The first-order chi connectivity index (χ1) is 9.04. The zero-order valence-corrected chi connectivity index (χ0v) is 11.5. The summed E-state index contributed by atoms with van der Waals surface area (Å²) in [6, 6.07) is 7.38. The smallest absolute Gasteiger partial charge is 0.134 e. The number of halogens is 1. The average molecular weight is 261 g/mol. The number of hydrogen-bond donors (Lipinski definition) is 1. The molecule has 2 nitrogen and oxygen atoms in total. The van der Waals surface area contributed by atoms with Gasteiger partial charge < -0.3 is 9.73 Å². The van der Waals surface area contributed by atoms with Crippen LogP contribution in [0.5, 0.6) is 0 Å². The molecule has 0 amide bonds. The zero-order chi connectivity index (χ0) is 13.5. The minimum Gasteiger partial charge on any atom is -0.461 e. The van der Waals surface area contributed by atoms with Crippen molar-refractivity contribution in [3.05, 3.63) is 35.8 Å². The lowest BCUT2D eigenvalue weighted by Gasteiger charge is -2.22. The molecule has 0 aliphatic heterocycles. The van der Waals surface area contributed by atoms with Gasteiger partial charge in [0.2, 0.25) is 0 Å². The van der Waals surface area contributed by atoms with Crippen LogP contribution < -0.4 is 5.32 Å². The second-order valence-corrected chi connectivity index (χ2v) is 6.16. The third-order valence-corrected chi connectivity index (χ3v) is 3.91. The highest BCUT2D eigenvalue weighted by molar-refractivity contribution is 5.78. The fraction of sp³-hybridized carbons (Fsp3) is 0.500. The third-order valence-electron chi connectivity index (χ3n) is 3.91. The van der Waals surface area contributed by atoms with Crippen LogP contribution in [0.2, 0.25) is 0 Å². The van der Waals surface area contributed by atoms with Gasteiger partial charge in [0.05, 0.1) is 0 Å². The summed E-state index contributed by atoms with van der Waals surface area (Å²) in [6.07, 6.45) is 3.64. The van der Waals surface area contributed by atoms with Crippen LogP contribution in [-0.2, 0) is 5.41 Å². The van der Waals surface area contributed by atoms with Crippen LogP contribution in [0.25, 0.3) is 11.0 Å². The Morgan fingerprint density at radius 2 is 2.11 bits per heavy atom. The lowest BCUT2D eigenvalue weighted by molar-refractivity contribution is 0.370. The normalized spacial score (nSPS) is 16.2. The molecular formula is C16H20FNO. The first-order valence-electron chi connectivity index (χ1n) is 6.97. The molecule has 1 saturated carbocycles. The van der Waals surface area contributed by atoms with Crippen molar-refractivity contribution in [3.63, 3.8) is 0 Å². The maximum Gasteiger partial charge on any atom is 0.134 e. The highest BCUT2D eigenvalue weighted by atomic mass is 19.1. The summed E-state index contributed by atoms with van der Waals surface area (Å²) in [7, 11) is 0. The maximum absolute atomic E-state index is 13.2. The summed E-state index contributed by atoms with van der Waals surface area (Å²) >= 11 is 0. The van der Waals surface area contributed by atoms with Crippen LogP contribution in [0.1, 0.15) is 38.9 Å². The Kier molecular flexibility index (Phi) is 3.09. The van der Waals surface area contributed by atoms with Gasteiger partial charge in [0.25, 0.3) is 0 Å². The molecule has 1 aliphatic carbocycles. The number of hydrogen-bond acceptors (Lipinski definition) is 2. The predicted octanol–water partition coefficient (Wildman–Crippen LogP) is 3.99. The second kappa shape index (κ2) is 4.64. The summed E-state index contributed by atoms with van der Waals surface area (Å²) in [4.78, 5) is 0. The van der Waals surface area contributed by atoms with Gasteiger partial charge in [-0.15, -0.1) is 0 Å². The van der Waals surface area contributed by atoms with Gasteiger partial charge in [-0.2, -0.15) is 0 Å². The minimum absolute atomic E-state index is 0.0304.